The molecule has 2 aromatic heterocycles. The monoisotopic (exact) mass is 405 g/mol. The van der Waals surface area contributed by atoms with Crippen LogP contribution < -0.4 is 5.56 Å². The van der Waals surface area contributed by atoms with Crippen molar-refractivity contribution in [3.63, 3.8) is 0 Å². The van der Waals surface area contributed by atoms with E-state index < -0.39 is 4.92 Å². The summed E-state index contributed by atoms with van der Waals surface area (Å²) in [7, 11) is 0. The van der Waals surface area contributed by atoms with Gasteiger partial charge in [0.15, 0.2) is 5.65 Å². The van der Waals surface area contributed by atoms with E-state index in [9.17, 15) is 14.9 Å². The number of aromatic nitrogens is 3. The molecule has 0 aliphatic heterocycles. The molecular weight excluding hydrogens is 398 g/mol. The molecule has 1 aromatic carbocycles. The van der Waals surface area contributed by atoms with Gasteiger partial charge in [-0.15, -0.1) is 11.8 Å². The first-order valence-electron chi connectivity index (χ1n) is 6.56. The number of H-pyrrole nitrogens is 1. The van der Waals surface area contributed by atoms with Crippen LogP contribution in [0, 0.1) is 21.4 Å². The molecule has 10 heteroatoms. The fourth-order valence-electron chi connectivity index (χ4n) is 2.09. The van der Waals surface area contributed by atoms with Gasteiger partial charge in [0, 0.05) is 28.6 Å². The van der Waals surface area contributed by atoms with Gasteiger partial charge in [-0.2, -0.15) is 5.26 Å². The lowest BCUT2D eigenvalue weighted by molar-refractivity contribution is -0.387. The second kappa shape index (κ2) is 6.46. The van der Waals surface area contributed by atoms with Crippen LogP contribution in [-0.2, 0) is 5.75 Å². The summed E-state index contributed by atoms with van der Waals surface area (Å²) in [6.45, 7) is 0. The molecule has 8 nitrogen and oxygen atoms in total. The minimum Gasteiger partial charge on any atom is -0.295 e. The van der Waals surface area contributed by atoms with Gasteiger partial charge in [0.1, 0.15) is 11.6 Å². The average molecular weight is 406 g/mol. The molecule has 24 heavy (non-hydrogen) atoms. The van der Waals surface area contributed by atoms with Crippen molar-refractivity contribution in [1.29, 1.82) is 5.26 Å². The summed E-state index contributed by atoms with van der Waals surface area (Å²) >= 11 is 4.41. The molecule has 0 saturated carbocycles. The molecule has 120 valence electrons. The van der Waals surface area contributed by atoms with Crippen LogP contribution in [-0.4, -0.2) is 19.5 Å². The van der Waals surface area contributed by atoms with E-state index in [1.54, 1.807) is 12.1 Å². The maximum atomic E-state index is 12.0. The normalized spacial score (nSPS) is 10.7. The van der Waals surface area contributed by atoms with Crippen LogP contribution in [0.1, 0.15) is 11.3 Å². The molecule has 3 aromatic rings. The van der Waals surface area contributed by atoms with Crippen molar-refractivity contribution >= 4 is 39.0 Å². The SMILES string of the molecule is N#Cc1c[nH]n2c(=O)cc(CSc3ccc(Br)cc3[N+](=O)[O-])nc12. The Kier molecular flexibility index (Phi) is 4.37. The van der Waals surface area contributed by atoms with E-state index in [2.05, 4.69) is 26.0 Å². The average Bonchev–Trinajstić information content (AvgIpc) is 2.97. The quantitative estimate of drug-likeness (QED) is 0.405. The van der Waals surface area contributed by atoms with Crippen molar-refractivity contribution in [3.05, 3.63) is 66.7 Å². The van der Waals surface area contributed by atoms with Crippen LogP contribution in [0.2, 0.25) is 0 Å². The Labute approximate surface area is 147 Å². The second-order valence-corrected chi connectivity index (χ2v) is 6.63. The Morgan fingerprint density at radius 3 is 2.96 bits per heavy atom. The molecule has 0 aliphatic rings. The first kappa shape index (κ1) is 16.2. The van der Waals surface area contributed by atoms with Crippen molar-refractivity contribution in [2.75, 3.05) is 0 Å². The van der Waals surface area contributed by atoms with Crippen molar-refractivity contribution in [2.45, 2.75) is 10.6 Å². The van der Waals surface area contributed by atoms with Gasteiger partial charge in [0.05, 0.1) is 15.5 Å². The Hall–Kier alpha value is -2.64. The van der Waals surface area contributed by atoms with Gasteiger partial charge in [-0.05, 0) is 12.1 Å². The number of nitriles is 1. The zero-order valence-corrected chi connectivity index (χ0v) is 14.3. The van der Waals surface area contributed by atoms with E-state index in [0.29, 0.717) is 15.1 Å². The number of hydrogen-bond donors (Lipinski definition) is 1. The number of fused-ring (bicyclic) bond motifs is 1. The van der Waals surface area contributed by atoms with Crippen LogP contribution in [0.4, 0.5) is 5.69 Å². The molecule has 0 atom stereocenters. The number of nitrogens with one attached hydrogen (secondary N) is 1. The van der Waals surface area contributed by atoms with Crippen molar-refractivity contribution < 1.29 is 4.92 Å². The predicted molar refractivity (Wildman–Crippen MR) is 90.9 cm³/mol. The van der Waals surface area contributed by atoms with E-state index in [0.717, 1.165) is 0 Å². The number of nitro groups is 1. The maximum absolute atomic E-state index is 12.0. The molecule has 0 bridgehead atoms. The first-order chi connectivity index (χ1) is 11.5. The van der Waals surface area contributed by atoms with Crippen LogP contribution in [0.5, 0.6) is 0 Å². The Morgan fingerprint density at radius 2 is 2.25 bits per heavy atom. The summed E-state index contributed by atoms with van der Waals surface area (Å²) in [6, 6.07) is 8.06. The van der Waals surface area contributed by atoms with Crippen LogP contribution >= 0.6 is 27.7 Å². The van der Waals surface area contributed by atoms with Gasteiger partial charge >= 0.3 is 0 Å². The van der Waals surface area contributed by atoms with Crippen molar-refractivity contribution in [2.24, 2.45) is 0 Å². The number of halogens is 1. The second-order valence-electron chi connectivity index (χ2n) is 4.70. The van der Waals surface area contributed by atoms with E-state index in [-0.39, 0.29) is 28.2 Å². The summed E-state index contributed by atoms with van der Waals surface area (Å²) in [4.78, 5) is 27.4. The number of aromatic amines is 1. The van der Waals surface area contributed by atoms with Gasteiger partial charge in [-0.25, -0.2) is 9.50 Å². The van der Waals surface area contributed by atoms with E-state index in [4.69, 9.17) is 5.26 Å². The summed E-state index contributed by atoms with van der Waals surface area (Å²) in [5.74, 6) is 0.268. The molecule has 0 unspecified atom stereocenters. The summed E-state index contributed by atoms with van der Waals surface area (Å²) in [5, 5.41) is 22.8. The molecule has 0 fully saturated rings. The zero-order valence-electron chi connectivity index (χ0n) is 11.9. The van der Waals surface area contributed by atoms with Crippen LogP contribution in [0.3, 0.4) is 0 Å². The highest BCUT2D eigenvalue weighted by atomic mass is 79.9. The summed E-state index contributed by atoms with van der Waals surface area (Å²) in [6.07, 6.45) is 1.40. The molecule has 0 radical (unpaired) electrons. The number of rotatable bonds is 4. The third-order valence-electron chi connectivity index (χ3n) is 3.16. The topological polar surface area (TPSA) is 117 Å². The van der Waals surface area contributed by atoms with Crippen molar-refractivity contribution in [1.82, 2.24) is 14.6 Å². The highest BCUT2D eigenvalue weighted by molar-refractivity contribution is 9.10. The largest absolute Gasteiger partial charge is 0.295 e. The van der Waals surface area contributed by atoms with Crippen molar-refractivity contribution in [3.8, 4) is 6.07 Å². The molecule has 0 aliphatic carbocycles. The minimum atomic E-state index is -0.460. The van der Waals surface area contributed by atoms with Gasteiger partial charge < -0.3 is 0 Å². The van der Waals surface area contributed by atoms with Gasteiger partial charge in [0.25, 0.3) is 11.2 Å². The lowest BCUT2D eigenvalue weighted by atomic mass is 10.3. The Morgan fingerprint density at radius 1 is 1.46 bits per heavy atom. The minimum absolute atomic E-state index is 0.0217. The van der Waals surface area contributed by atoms with Gasteiger partial charge in [-0.1, -0.05) is 15.9 Å². The number of thioether (sulfide) groups is 1. The molecule has 0 spiro atoms. The maximum Gasteiger partial charge on any atom is 0.284 e. The number of nitrogens with zero attached hydrogens (tertiary/aromatic N) is 4. The number of hydrogen-bond acceptors (Lipinski definition) is 6. The fourth-order valence-corrected chi connectivity index (χ4v) is 3.34. The van der Waals surface area contributed by atoms with Crippen LogP contribution in [0.15, 0.2) is 44.6 Å². The van der Waals surface area contributed by atoms with E-state index in [1.807, 2.05) is 6.07 Å². The number of benzene rings is 1. The van der Waals surface area contributed by atoms with E-state index >= 15 is 0 Å². The highest BCUT2D eigenvalue weighted by Crippen LogP contribution is 2.33. The first-order valence-corrected chi connectivity index (χ1v) is 8.34. The molecule has 1 N–H and O–H groups in total. The molecule has 2 heterocycles. The Balaban J connectivity index is 1.93. The molecule has 3 rings (SSSR count). The lowest BCUT2D eigenvalue weighted by Gasteiger charge is -2.04. The predicted octanol–water partition coefficient (Wildman–Crippen LogP) is 2.86. The Bertz CT molecular complexity index is 1050. The molecule has 0 amide bonds. The highest BCUT2D eigenvalue weighted by Gasteiger charge is 2.16. The summed E-state index contributed by atoms with van der Waals surface area (Å²) in [5.41, 5.74) is 0.576. The van der Waals surface area contributed by atoms with Gasteiger partial charge in [-0.3, -0.25) is 20.0 Å². The lowest BCUT2D eigenvalue weighted by Crippen LogP contribution is -2.15. The van der Waals surface area contributed by atoms with E-state index in [1.165, 1.54) is 34.6 Å². The molecular formula is C14H8BrN5O3S. The van der Waals surface area contributed by atoms with Crippen LogP contribution in [0.25, 0.3) is 5.65 Å². The smallest absolute Gasteiger partial charge is 0.284 e. The fraction of sp³-hybridized carbons (Fsp3) is 0.0714. The zero-order chi connectivity index (χ0) is 17.3. The number of nitro benzene ring substituents is 1. The third-order valence-corrected chi connectivity index (χ3v) is 4.75. The third kappa shape index (κ3) is 3.04. The molecule has 0 saturated heterocycles. The van der Waals surface area contributed by atoms with Gasteiger partial charge in [0.2, 0.25) is 0 Å². The standard InChI is InChI=1S/C14H8BrN5O3S/c15-9-1-2-12(11(3-9)20(22)23)24-7-10-4-13(21)19-14(18-10)8(5-16)6-17-19/h1-4,6,17H,7H2. The summed E-state index contributed by atoms with van der Waals surface area (Å²) < 4.78 is 1.79.